The van der Waals surface area contributed by atoms with Crippen molar-refractivity contribution in [2.45, 2.75) is 4.90 Å². The minimum atomic E-state index is -3.55. The predicted octanol–water partition coefficient (Wildman–Crippen LogP) is 2.86. The summed E-state index contributed by atoms with van der Waals surface area (Å²) in [6.07, 6.45) is 4.62. The fourth-order valence-corrected chi connectivity index (χ4v) is 3.31. The molecular formula is C16H16N2O3S2. The lowest BCUT2D eigenvalue weighted by molar-refractivity contribution is -0.111. The number of benzene rings is 1. The van der Waals surface area contributed by atoms with Crippen molar-refractivity contribution in [3.8, 4) is 0 Å². The van der Waals surface area contributed by atoms with Crippen LogP contribution in [0, 0.1) is 0 Å². The van der Waals surface area contributed by atoms with Crippen LogP contribution in [0.15, 0.2) is 65.4 Å². The zero-order chi connectivity index (χ0) is 16.7. The number of sulfonamides is 1. The number of carbonyl (C=O) groups excluding carboxylic acids is 1. The van der Waals surface area contributed by atoms with Gasteiger partial charge in [-0.2, -0.15) is 0 Å². The molecule has 2 aromatic rings. The lowest BCUT2D eigenvalue weighted by atomic mass is 10.3. The van der Waals surface area contributed by atoms with E-state index in [4.69, 9.17) is 0 Å². The molecule has 0 aliphatic rings. The summed E-state index contributed by atoms with van der Waals surface area (Å²) >= 11 is 1.53. The molecule has 1 aromatic carbocycles. The molecule has 0 saturated heterocycles. The Morgan fingerprint density at radius 2 is 1.96 bits per heavy atom. The smallest absolute Gasteiger partial charge is 0.248 e. The molecule has 2 rings (SSSR count). The van der Waals surface area contributed by atoms with Crippen LogP contribution < -0.4 is 10.0 Å². The van der Waals surface area contributed by atoms with Gasteiger partial charge in [0.05, 0.1) is 4.90 Å². The summed E-state index contributed by atoms with van der Waals surface area (Å²) in [5.74, 6) is -0.279. The number of carbonyl (C=O) groups is 1. The Labute approximate surface area is 139 Å². The first-order valence-corrected chi connectivity index (χ1v) is 9.11. The molecule has 1 heterocycles. The van der Waals surface area contributed by atoms with Crippen LogP contribution in [0.5, 0.6) is 0 Å². The van der Waals surface area contributed by atoms with Crippen LogP contribution in [0.1, 0.15) is 4.88 Å². The summed E-state index contributed by atoms with van der Waals surface area (Å²) in [5, 5.41) is 4.60. The molecule has 0 saturated carbocycles. The van der Waals surface area contributed by atoms with Crippen molar-refractivity contribution in [2.75, 3.05) is 11.9 Å². The minimum absolute atomic E-state index is 0.131. The van der Waals surface area contributed by atoms with Gasteiger partial charge in [0.2, 0.25) is 15.9 Å². The summed E-state index contributed by atoms with van der Waals surface area (Å²) < 4.78 is 26.2. The van der Waals surface area contributed by atoms with E-state index in [-0.39, 0.29) is 17.3 Å². The van der Waals surface area contributed by atoms with E-state index < -0.39 is 10.0 Å². The number of thiophene rings is 1. The normalized spacial score (nSPS) is 11.5. The Hall–Kier alpha value is -2.22. The average Bonchev–Trinajstić information content (AvgIpc) is 3.05. The fourth-order valence-electron chi connectivity index (χ4n) is 1.70. The maximum absolute atomic E-state index is 11.9. The van der Waals surface area contributed by atoms with Crippen molar-refractivity contribution in [2.24, 2.45) is 0 Å². The quantitative estimate of drug-likeness (QED) is 0.597. The van der Waals surface area contributed by atoms with Crippen LogP contribution in [0.2, 0.25) is 0 Å². The Balaban J connectivity index is 1.99. The molecule has 0 radical (unpaired) electrons. The molecule has 0 unspecified atom stereocenters. The standard InChI is InChI=1S/C16H16N2O3S2/c1-2-11-17-23(20,21)15-8-5-13(6-9-15)18-16(19)10-7-14-4-3-12-22-14/h2-10,12,17H,1,11H2,(H,18,19). The minimum Gasteiger partial charge on any atom is -0.323 e. The molecule has 2 N–H and O–H groups in total. The van der Waals surface area contributed by atoms with Gasteiger partial charge in [-0.3, -0.25) is 4.79 Å². The summed E-state index contributed by atoms with van der Waals surface area (Å²) in [6.45, 7) is 3.62. The second-order valence-electron chi connectivity index (χ2n) is 4.50. The van der Waals surface area contributed by atoms with E-state index in [1.54, 1.807) is 18.2 Å². The van der Waals surface area contributed by atoms with Gasteiger partial charge in [0, 0.05) is 23.2 Å². The molecule has 120 valence electrons. The first kappa shape index (κ1) is 17.1. The number of anilines is 1. The van der Waals surface area contributed by atoms with Crippen molar-refractivity contribution < 1.29 is 13.2 Å². The molecular weight excluding hydrogens is 332 g/mol. The highest BCUT2D eigenvalue weighted by atomic mass is 32.2. The Morgan fingerprint density at radius 1 is 1.22 bits per heavy atom. The van der Waals surface area contributed by atoms with Gasteiger partial charge in [-0.25, -0.2) is 13.1 Å². The average molecular weight is 348 g/mol. The zero-order valence-electron chi connectivity index (χ0n) is 12.2. The Bertz CT molecular complexity index is 792. The van der Waals surface area contributed by atoms with Crippen molar-refractivity contribution >= 4 is 39.0 Å². The van der Waals surface area contributed by atoms with Crippen molar-refractivity contribution in [1.82, 2.24) is 4.72 Å². The largest absolute Gasteiger partial charge is 0.323 e. The van der Waals surface area contributed by atoms with Crippen LogP contribution in [-0.2, 0) is 14.8 Å². The van der Waals surface area contributed by atoms with Crippen LogP contribution in [0.25, 0.3) is 6.08 Å². The van der Waals surface area contributed by atoms with E-state index >= 15 is 0 Å². The molecule has 0 bridgehead atoms. The third-order valence-electron chi connectivity index (χ3n) is 2.79. The first-order chi connectivity index (χ1) is 11.0. The maximum Gasteiger partial charge on any atom is 0.248 e. The van der Waals surface area contributed by atoms with Crippen molar-refractivity contribution in [3.05, 3.63) is 65.4 Å². The summed E-state index contributed by atoms with van der Waals surface area (Å²) in [5.41, 5.74) is 0.522. The Kier molecular flexibility index (Phi) is 5.86. The number of nitrogens with one attached hydrogen (secondary N) is 2. The topological polar surface area (TPSA) is 75.3 Å². The predicted molar refractivity (Wildman–Crippen MR) is 93.8 cm³/mol. The molecule has 0 atom stereocenters. The van der Waals surface area contributed by atoms with E-state index in [2.05, 4.69) is 16.6 Å². The van der Waals surface area contributed by atoms with Gasteiger partial charge in [-0.05, 0) is 41.8 Å². The third kappa shape index (κ3) is 5.17. The van der Waals surface area contributed by atoms with Gasteiger partial charge in [0.1, 0.15) is 0 Å². The number of rotatable bonds is 7. The maximum atomic E-state index is 11.9. The number of hydrogen-bond donors (Lipinski definition) is 2. The van der Waals surface area contributed by atoms with Crippen LogP contribution in [0.3, 0.4) is 0 Å². The van der Waals surface area contributed by atoms with E-state index in [0.717, 1.165) is 4.88 Å². The van der Waals surface area contributed by atoms with Crippen LogP contribution in [-0.4, -0.2) is 20.9 Å². The third-order valence-corrected chi connectivity index (χ3v) is 5.07. The highest BCUT2D eigenvalue weighted by Crippen LogP contribution is 2.14. The molecule has 1 amide bonds. The van der Waals surface area contributed by atoms with Gasteiger partial charge < -0.3 is 5.32 Å². The molecule has 1 aromatic heterocycles. The Morgan fingerprint density at radius 3 is 2.57 bits per heavy atom. The van der Waals surface area contributed by atoms with Crippen molar-refractivity contribution in [1.29, 1.82) is 0 Å². The molecule has 23 heavy (non-hydrogen) atoms. The molecule has 0 spiro atoms. The second-order valence-corrected chi connectivity index (χ2v) is 7.25. The zero-order valence-corrected chi connectivity index (χ0v) is 13.9. The van der Waals surface area contributed by atoms with Crippen molar-refractivity contribution in [3.63, 3.8) is 0 Å². The second kappa shape index (κ2) is 7.87. The highest BCUT2D eigenvalue weighted by molar-refractivity contribution is 7.89. The monoisotopic (exact) mass is 348 g/mol. The van der Waals surface area contributed by atoms with E-state index in [9.17, 15) is 13.2 Å². The fraction of sp³-hybridized carbons (Fsp3) is 0.0625. The van der Waals surface area contributed by atoms with E-state index in [0.29, 0.717) is 5.69 Å². The van der Waals surface area contributed by atoms with Gasteiger partial charge in [-0.1, -0.05) is 12.1 Å². The van der Waals surface area contributed by atoms with Gasteiger partial charge >= 0.3 is 0 Å². The summed E-state index contributed by atoms with van der Waals surface area (Å²) in [6, 6.07) is 9.76. The molecule has 5 nitrogen and oxygen atoms in total. The number of amides is 1. The molecule has 0 aliphatic heterocycles. The first-order valence-electron chi connectivity index (χ1n) is 6.74. The van der Waals surface area contributed by atoms with Gasteiger partial charge in [0.25, 0.3) is 0 Å². The lowest BCUT2D eigenvalue weighted by Gasteiger charge is -2.06. The van der Waals surface area contributed by atoms with Crippen LogP contribution in [0.4, 0.5) is 5.69 Å². The molecule has 7 heteroatoms. The van der Waals surface area contributed by atoms with E-state index in [1.165, 1.54) is 35.6 Å². The van der Waals surface area contributed by atoms with E-state index in [1.807, 2.05) is 17.5 Å². The summed E-state index contributed by atoms with van der Waals surface area (Å²) in [4.78, 5) is 12.9. The summed E-state index contributed by atoms with van der Waals surface area (Å²) in [7, 11) is -3.55. The molecule has 0 fully saturated rings. The lowest BCUT2D eigenvalue weighted by Crippen LogP contribution is -2.23. The molecule has 0 aliphatic carbocycles. The number of hydrogen-bond acceptors (Lipinski definition) is 4. The SMILES string of the molecule is C=CCNS(=O)(=O)c1ccc(NC(=O)C=Cc2cccs2)cc1. The van der Waals surface area contributed by atoms with Crippen LogP contribution >= 0.6 is 11.3 Å². The van der Waals surface area contributed by atoms with Gasteiger partial charge in [-0.15, -0.1) is 17.9 Å². The highest BCUT2D eigenvalue weighted by Gasteiger charge is 2.12. The van der Waals surface area contributed by atoms with Gasteiger partial charge in [0.15, 0.2) is 0 Å².